The molecule has 0 amide bonds. The van der Waals surface area contributed by atoms with Gasteiger partial charge in [0.2, 0.25) is 0 Å². The highest BCUT2D eigenvalue weighted by Gasteiger charge is 2.15. The summed E-state index contributed by atoms with van der Waals surface area (Å²) in [6, 6.07) is 8.25. The van der Waals surface area contributed by atoms with Crippen molar-refractivity contribution in [3.63, 3.8) is 0 Å². The van der Waals surface area contributed by atoms with E-state index in [4.69, 9.17) is 14.2 Å². The van der Waals surface area contributed by atoms with Crippen molar-refractivity contribution in [2.75, 3.05) is 33.0 Å². The molecule has 4 nitrogen and oxygen atoms in total. The Morgan fingerprint density at radius 2 is 2.05 bits per heavy atom. The van der Waals surface area contributed by atoms with Gasteiger partial charge in [0.1, 0.15) is 12.4 Å². The highest BCUT2D eigenvalue weighted by Crippen LogP contribution is 2.13. The molecule has 0 bridgehead atoms. The van der Waals surface area contributed by atoms with E-state index < -0.39 is 0 Å². The number of hydrogen-bond donors (Lipinski definition) is 1. The molecule has 1 atom stereocenters. The van der Waals surface area contributed by atoms with Crippen LogP contribution in [0, 0.1) is 5.92 Å². The lowest BCUT2D eigenvalue weighted by Crippen LogP contribution is -2.19. The monoisotopic (exact) mass is 293 g/mol. The van der Waals surface area contributed by atoms with Gasteiger partial charge in [-0.1, -0.05) is 26.0 Å². The largest absolute Gasteiger partial charge is 0.491 e. The molecule has 1 aliphatic rings. The minimum atomic E-state index is 0.253. The predicted molar refractivity (Wildman–Crippen MR) is 83.7 cm³/mol. The summed E-state index contributed by atoms with van der Waals surface area (Å²) in [7, 11) is 0. The van der Waals surface area contributed by atoms with E-state index in [2.05, 4.69) is 31.3 Å². The summed E-state index contributed by atoms with van der Waals surface area (Å²) in [6.45, 7) is 9.11. The first-order chi connectivity index (χ1) is 10.2. The molecule has 1 aromatic rings. The van der Waals surface area contributed by atoms with Gasteiger partial charge in [-0.15, -0.1) is 0 Å². The maximum atomic E-state index is 5.68. The first-order valence-corrected chi connectivity index (χ1v) is 7.86. The van der Waals surface area contributed by atoms with Gasteiger partial charge in [-0.05, 0) is 36.6 Å². The van der Waals surface area contributed by atoms with Crippen LogP contribution in [0.5, 0.6) is 5.75 Å². The molecule has 1 heterocycles. The zero-order valence-electron chi connectivity index (χ0n) is 13.1. The maximum Gasteiger partial charge on any atom is 0.119 e. The summed E-state index contributed by atoms with van der Waals surface area (Å²) in [6.07, 6.45) is 1.25. The van der Waals surface area contributed by atoms with Crippen LogP contribution in [0.25, 0.3) is 0 Å². The van der Waals surface area contributed by atoms with Crippen molar-refractivity contribution >= 4 is 0 Å². The zero-order valence-corrected chi connectivity index (χ0v) is 13.1. The van der Waals surface area contributed by atoms with Crippen molar-refractivity contribution in [3.8, 4) is 5.75 Å². The topological polar surface area (TPSA) is 39.7 Å². The molecule has 0 aliphatic carbocycles. The average Bonchev–Trinajstić information content (AvgIpc) is 2.98. The Balaban J connectivity index is 1.60. The lowest BCUT2D eigenvalue weighted by molar-refractivity contribution is 0.0265. The van der Waals surface area contributed by atoms with Crippen LogP contribution < -0.4 is 10.1 Å². The average molecular weight is 293 g/mol. The Morgan fingerprint density at radius 1 is 1.24 bits per heavy atom. The van der Waals surface area contributed by atoms with E-state index in [-0.39, 0.29) is 6.10 Å². The Bertz CT molecular complexity index is 386. The van der Waals surface area contributed by atoms with E-state index in [9.17, 15) is 0 Å². The van der Waals surface area contributed by atoms with Crippen LogP contribution in [-0.2, 0) is 16.0 Å². The molecule has 0 saturated carbocycles. The van der Waals surface area contributed by atoms with Crippen LogP contribution >= 0.6 is 0 Å². The zero-order chi connectivity index (χ0) is 14.9. The normalized spacial score (nSPS) is 18.3. The van der Waals surface area contributed by atoms with Crippen LogP contribution in [-0.4, -0.2) is 39.1 Å². The minimum Gasteiger partial charge on any atom is -0.491 e. The Hall–Kier alpha value is -1.10. The molecule has 1 unspecified atom stereocenters. The highest BCUT2D eigenvalue weighted by atomic mass is 16.6. The van der Waals surface area contributed by atoms with E-state index in [1.165, 1.54) is 5.56 Å². The lowest BCUT2D eigenvalue weighted by atomic mass is 10.2. The van der Waals surface area contributed by atoms with Crippen LogP contribution in [0.1, 0.15) is 25.8 Å². The fraction of sp³-hybridized carbons (Fsp3) is 0.647. The third-order valence-corrected chi connectivity index (χ3v) is 3.40. The van der Waals surface area contributed by atoms with E-state index in [0.717, 1.165) is 38.5 Å². The van der Waals surface area contributed by atoms with Crippen LogP contribution in [0.3, 0.4) is 0 Å². The fourth-order valence-electron chi connectivity index (χ4n) is 2.23. The minimum absolute atomic E-state index is 0.253. The fourth-order valence-corrected chi connectivity index (χ4v) is 2.23. The van der Waals surface area contributed by atoms with Gasteiger partial charge < -0.3 is 19.5 Å². The third kappa shape index (κ3) is 6.46. The number of ether oxygens (including phenoxy) is 3. The first-order valence-electron chi connectivity index (χ1n) is 7.86. The predicted octanol–water partition coefficient (Wildman–Crippen LogP) is 2.62. The van der Waals surface area contributed by atoms with Gasteiger partial charge >= 0.3 is 0 Å². The van der Waals surface area contributed by atoms with E-state index in [1.54, 1.807) is 0 Å². The molecule has 1 aliphatic heterocycles. The molecule has 4 heteroatoms. The molecule has 1 N–H and O–H groups in total. The van der Waals surface area contributed by atoms with E-state index in [1.807, 2.05) is 12.1 Å². The molecular weight excluding hydrogens is 266 g/mol. The molecule has 21 heavy (non-hydrogen) atoms. The van der Waals surface area contributed by atoms with Gasteiger partial charge in [0.15, 0.2) is 0 Å². The van der Waals surface area contributed by atoms with Gasteiger partial charge in [0.05, 0.1) is 19.3 Å². The second-order valence-electron chi connectivity index (χ2n) is 5.87. The van der Waals surface area contributed by atoms with Crippen molar-refractivity contribution in [3.05, 3.63) is 29.8 Å². The van der Waals surface area contributed by atoms with Crippen molar-refractivity contribution in [1.29, 1.82) is 0 Å². The van der Waals surface area contributed by atoms with Gasteiger partial charge in [0, 0.05) is 13.2 Å². The third-order valence-electron chi connectivity index (χ3n) is 3.40. The first kappa shape index (κ1) is 16.3. The standard InChI is InChI=1S/C17H27NO3/c1-14(2)11-18-12-15-3-5-16(6-4-15)20-9-10-21-17-7-8-19-13-17/h3-6,14,17-18H,7-13H2,1-2H3. The molecule has 118 valence electrons. The summed E-state index contributed by atoms with van der Waals surface area (Å²) in [5.41, 5.74) is 1.28. The summed E-state index contributed by atoms with van der Waals surface area (Å²) in [4.78, 5) is 0. The van der Waals surface area contributed by atoms with Crippen LogP contribution in [0.15, 0.2) is 24.3 Å². The summed E-state index contributed by atoms with van der Waals surface area (Å²) in [5, 5.41) is 3.43. The molecule has 1 saturated heterocycles. The molecule has 1 fully saturated rings. The molecule has 0 radical (unpaired) electrons. The second-order valence-corrected chi connectivity index (χ2v) is 5.87. The second kappa shape index (κ2) is 9.03. The van der Waals surface area contributed by atoms with Crippen LogP contribution in [0.4, 0.5) is 0 Å². The number of rotatable bonds is 9. The molecule has 0 aromatic heterocycles. The Labute approximate surface area is 127 Å². The van der Waals surface area contributed by atoms with Crippen molar-refractivity contribution in [2.24, 2.45) is 5.92 Å². The maximum absolute atomic E-state index is 5.68. The summed E-state index contributed by atoms with van der Waals surface area (Å²) < 4.78 is 16.6. The SMILES string of the molecule is CC(C)CNCc1ccc(OCCOC2CCOC2)cc1. The van der Waals surface area contributed by atoms with E-state index in [0.29, 0.717) is 19.1 Å². The smallest absolute Gasteiger partial charge is 0.119 e. The lowest BCUT2D eigenvalue weighted by Gasteiger charge is -2.11. The number of nitrogens with one attached hydrogen (secondary N) is 1. The molecule has 2 rings (SSSR count). The molecular formula is C17H27NO3. The molecule has 1 aromatic carbocycles. The quantitative estimate of drug-likeness (QED) is 0.711. The summed E-state index contributed by atoms with van der Waals surface area (Å²) >= 11 is 0. The van der Waals surface area contributed by atoms with E-state index >= 15 is 0 Å². The van der Waals surface area contributed by atoms with Gasteiger partial charge in [-0.2, -0.15) is 0 Å². The van der Waals surface area contributed by atoms with Gasteiger partial charge in [-0.25, -0.2) is 0 Å². The van der Waals surface area contributed by atoms with Crippen molar-refractivity contribution in [2.45, 2.75) is 32.9 Å². The van der Waals surface area contributed by atoms with Gasteiger partial charge in [0.25, 0.3) is 0 Å². The van der Waals surface area contributed by atoms with Gasteiger partial charge in [-0.3, -0.25) is 0 Å². The Morgan fingerprint density at radius 3 is 2.71 bits per heavy atom. The van der Waals surface area contributed by atoms with Crippen molar-refractivity contribution < 1.29 is 14.2 Å². The van der Waals surface area contributed by atoms with Crippen LogP contribution in [0.2, 0.25) is 0 Å². The Kier molecular flexibility index (Phi) is 7.00. The van der Waals surface area contributed by atoms with Crippen molar-refractivity contribution in [1.82, 2.24) is 5.32 Å². The number of hydrogen-bond acceptors (Lipinski definition) is 4. The summed E-state index contributed by atoms with van der Waals surface area (Å²) in [5.74, 6) is 1.58. The molecule has 0 spiro atoms. The highest BCUT2D eigenvalue weighted by molar-refractivity contribution is 5.27. The number of benzene rings is 1.